The van der Waals surface area contributed by atoms with Crippen molar-refractivity contribution in [2.24, 2.45) is 5.14 Å². The molecule has 2 aliphatic heterocycles. The molecular formula is C26H32N4O7S2. The maximum atomic E-state index is 13.3. The smallest absolute Gasteiger partial charge is 0.244 e. The molecule has 4 N–H and O–H groups in total. The first-order valence-corrected chi connectivity index (χ1v) is 15.7. The van der Waals surface area contributed by atoms with Gasteiger partial charge in [0.25, 0.3) is 0 Å². The van der Waals surface area contributed by atoms with Crippen molar-refractivity contribution in [2.75, 3.05) is 32.8 Å². The molecule has 5 rings (SSSR count). The van der Waals surface area contributed by atoms with E-state index in [0.29, 0.717) is 44.7 Å². The van der Waals surface area contributed by atoms with Gasteiger partial charge in [-0.1, -0.05) is 24.3 Å². The molecule has 0 radical (unpaired) electrons. The van der Waals surface area contributed by atoms with Gasteiger partial charge in [-0.3, -0.25) is 4.98 Å². The number of piperidine rings is 1. The van der Waals surface area contributed by atoms with Crippen molar-refractivity contribution in [3.63, 3.8) is 0 Å². The van der Waals surface area contributed by atoms with Crippen LogP contribution in [0.3, 0.4) is 0 Å². The monoisotopic (exact) mass is 576 g/mol. The summed E-state index contributed by atoms with van der Waals surface area (Å²) in [4.78, 5) is 4.43. The quantitative estimate of drug-likeness (QED) is 0.340. The molecule has 2 aromatic carbocycles. The van der Waals surface area contributed by atoms with Crippen LogP contribution >= 0.6 is 0 Å². The van der Waals surface area contributed by atoms with Crippen LogP contribution in [0.15, 0.2) is 70.6 Å². The maximum Gasteiger partial charge on any atom is 0.244 e. The standard InChI is InChI=1S/C26H32N4O7S2/c27-38(32,33)23-6-3-5-22(13-23)36-18-21(31)15-28-20-14-26(37-17-20)8-10-30(11-9-26)39(34,35)24-12-19-4-1-2-7-25(19)29-16-24/h1-7,12-13,16,20-21,28,31H,8-11,14-15,17-18H2,(H2,27,32,33)/t20-,21+/m1/s1. The first-order valence-electron chi connectivity index (χ1n) is 12.7. The lowest BCUT2D eigenvalue weighted by Gasteiger charge is -2.38. The fraction of sp³-hybridized carbons (Fsp3) is 0.423. The number of para-hydroxylation sites is 1. The minimum absolute atomic E-state index is 0.0122. The fourth-order valence-electron chi connectivity index (χ4n) is 5.09. The van der Waals surface area contributed by atoms with E-state index in [0.717, 1.165) is 10.9 Å². The van der Waals surface area contributed by atoms with Gasteiger partial charge in [-0.2, -0.15) is 4.31 Å². The Labute approximate surface area is 228 Å². The van der Waals surface area contributed by atoms with E-state index in [9.17, 15) is 21.9 Å². The van der Waals surface area contributed by atoms with Crippen LogP contribution in [-0.2, 0) is 24.8 Å². The van der Waals surface area contributed by atoms with Gasteiger partial charge in [0, 0.05) is 43.3 Å². The van der Waals surface area contributed by atoms with E-state index in [2.05, 4.69) is 10.3 Å². The molecule has 3 heterocycles. The van der Waals surface area contributed by atoms with Crippen LogP contribution in [0, 0.1) is 0 Å². The Kier molecular flexibility index (Phi) is 7.93. The number of benzene rings is 2. The first kappa shape index (κ1) is 27.9. The zero-order valence-electron chi connectivity index (χ0n) is 21.3. The number of aromatic nitrogens is 1. The summed E-state index contributed by atoms with van der Waals surface area (Å²) < 4.78 is 62.7. The van der Waals surface area contributed by atoms with Crippen molar-refractivity contribution in [2.45, 2.75) is 46.8 Å². The summed E-state index contributed by atoms with van der Waals surface area (Å²) >= 11 is 0. The van der Waals surface area contributed by atoms with E-state index in [-0.39, 0.29) is 29.0 Å². The summed E-state index contributed by atoms with van der Waals surface area (Å²) in [5, 5.41) is 19.6. The topological polar surface area (TPSA) is 161 Å². The number of nitrogens with one attached hydrogen (secondary N) is 1. The molecule has 0 amide bonds. The highest BCUT2D eigenvalue weighted by Crippen LogP contribution is 2.37. The number of hydrogen-bond acceptors (Lipinski definition) is 9. The molecule has 39 heavy (non-hydrogen) atoms. The largest absolute Gasteiger partial charge is 0.491 e. The van der Waals surface area contributed by atoms with Crippen LogP contribution in [0.1, 0.15) is 19.3 Å². The lowest BCUT2D eigenvalue weighted by atomic mass is 9.88. The van der Waals surface area contributed by atoms with Crippen molar-refractivity contribution in [1.82, 2.24) is 14.6 Å². The third-order valence-corrected chi connectivity index (χ3v) is 10.0. The predicted octanol–water partition coefficient (Wildman–Crippen LogP) is 1.22. The van der Waals surface area contributed by atoms with E-state index in [1.165, 1.54) is 28.7 Å². The highest BCUT2D eigenvalue weighted by molar-refractivity contribution is 7.89. The zero-order valence-corrected chi connectivity index (χ0v) is 22.9. The Bertz CT molecular complexity index is 1540. The summed E-state index contributed by atoms with van der Waals surface area (Å²) in [6.07, 6.45) is 2.46. The molecule has 13 heteroatoms. The van der Waals surface area contributed by atoms with Gasteiger partial charge in [0.15, 0.2) is 0 Å². The van der Waals surface area contributed by atoms with Crippen LogP contribution in [0.4, 0.5) is 0 Å². The normalized spacial score (nSPS) is 20.8. The maximum absolute atomic E-state index is 13.3. The van der Waals surface area contributed by atoms with Gasteiger partial charge in [0.2, 0.25) is 20.0 Å². The number of aliphatic hydroxyl groups excluding tert-OH is 1. The molecule has 0 bridgehead atoms. The molecular weight excluding hydrogens is 544 g/mol. The van der Waals surface area contributed by atoms with E-state index >= 15 is 0 Å². The molecule has 3 aromatic rings. The number of primary sulfonamides is 1. The molecule has 0 aliphatic carbocycles. The predicted molar refractivity (Wildman–Crippen MR) is 144 cm³/mol. The summed E-state index contributed by atoms with van der Waals surface area (Å²) in [6, 6.07) is 14.9. The number of nitrogens with two attached hydrogens (primary N) is 1. The Morgan fingerprint density at radius 2 is 1.87 bits per heavy atom. The van der Waals surface area contributed by atoms with Crippen molar-refractivity contribution in [1.29, 1.82) is 0 Å². The van der Waals surface area contributed by atoms with Crippen LogP contribution in [0.25, 0.3) is 10.9 Å². The molecule has 2 atom stereocenters. The molecule has 2 saturated heterocycles. The number of fused-ring (bicyclic) bond motifs is 1. The molecule has 1 spiro atoms. The third kappa shape index (κ3) is 6.40. The second-order valence-corrected chi connectivity index (χ2v) is 13.6. The second-order valence-electron chi connectivity index (χ2n) is 10.1. The van der Waals surface area contributed by atoms with E-state index in [4.69, 9.17) is 14.6 Å². The Hall–Kier alpha value is -2.65. The van der Waals surface area contributed by atoms with Crippen LogP contribution in [-0.4, -0.2) is 81.8 Å². The van der Waals surface area contributed by atoms with Gasteiger partial charge in [-0.25, -0.2) is 22.0 Å². The number of ether oxygens (including phenoxy) is 2. The summed E-state index contributed by atoms with van der Waals surface area (Å²) in [7, 11) is -7.50. The lowest BCUT2D eigenvalue weighted by molar-refractivity contribution is -0.0312. The number of rotatable bonds is 9. The fourth-order valence-corrected chi connectivity index (χ4v) is 7.07. The third-order valence-electron chi connectivity index (χ3n) is 7.26. The van der Waals surface area contributed by atoms with Gasteiger partial charge in [0.1, 0.15) is 23.4 Å². The van der Waals surface area contributed by atoms with Gasteiger partial charge < -0.3 is 19.9 Å². The number of nitrogens with zero attached hydrogens (tertiary/aromatic N) is 2. The Balaban J connectivity index is 1.10. The molecule has 0 saturated carbocycles. The average molecular weight is 577 g/mol. The summed E-state index contributed by atoms with van der Waals surface area (Å²) in [5.74, 6) is 0.296. The van der Waals surface area contributed by atoms with E-state index in [1.807, 2.05) is 24.3 Å². The van der Waals surface area contributed by atoms with Crippen LogP contribution in [0.5, 0.6) is 5.75 Å². The second kappa shape index (κ2) is 11.1. The van der Waals surface area contributed by atoms with Crippen LogP contribution in [0.2, 0.25) is 0 Å². The Morgan fingerprint density at radius 3 is 2.64 bits per heavy atom. The number of pyridine rings is 1. The average Bonchev–Trinajstić information content (AvgIpc) is 3.32. The van der Waals surface area contributed by atoms with Gasteiger partial charge in [-0.05, 0) is 43.5 Å². The molecule has 11 nitrogen and oxygen atoms in total. The number of sulfonamides is 2. The number of aliphatic hydroxyl groups is 1. The van der Waals surface area contributed by atoms with Gasteiger partial charge >= 0.3 is 0 Å². The summed E-state index contributed by atoms with van der Waals surface area (Å²) in [6.45, 7) is 1.40. The molecule has 1 aromatic heterocycles. The number of hydrogen-bond donors (Lipinski definition) is 3. The minimum atomic E-state index is -3.84. The van der Waals surface area contributed by atoms with E-state index in [1.54, 1.807) is 12.1 Å². The SMILES string of the molecule is NS(=O)(=O)c1cccc(OC[C@@H](O)CN[C@H]2COC3(CCN(S(=O)(=O)c4cnc5ccccc5c4)CC3)C2)c1. The Morgan fingerprint density at radius 1 is 1.10 bits per heavy atom. The van der Waals surface area contributed by atoms with Gasteiger partial charge in [0.05, 0.1) is 22.6 Å². The lowest BCUT2D eigenvalue weighted by Crippen LogP contribution is -2.47. The highest BCUT2D eigenvalue weighted by Gasteiger charge is 2.44. The molecule has 2 fully saturated rings. The highest BCUT2D eigenvalue weighted by atomic mass is 32.2. The van der Waals surface area contributed by atoms with Crippen LogP contribution < -0.4 is 15.2 Å². The molecule has 2 aliphatic rings. The minimum Gasteiger partial charge on any atom is -0.491 e. The zero-order chi connectivity index (χ0) is 27.7. The molecule has 0 unspecified atom stereocenters. The van der Waals surface area contributed by atoms with Crippen molar-refractivity contribution < 1.29 is 31.4 Å². The van der Waals surface area contributed by atoms with Crippen molar-refractivity contribution >= 4 is 30.9 Å². The molecule has 210 valence electrons. The first-order chi connectivity index (χ1) is 18.5. The van der Waals surface area contributed by atoms with E-state index < -0.39 is 31.8 Å². The van der Waals surface area contributed by atoms with Crippen molar-refractivity contribution in [3.05, 3.63) is 60.8 Å². The van der Waals surface area contributed by atoms with Gasteiger partial charge in [-0.15, -0.1) is 0 Å². The van der Waals surface area contributed by atoms with Crippen molar-refractivity contribution in [3.8, 4) is 5.75 Å². The summed E-state index contributed by atoms with van der Waals surface area (Å²) in [5.41, 5.74) is 0.348.